The Bertz CT molecular complexity index is 997. The van der Waals surface area contributed by atoms with Gasteiger partial charge in [-0.2, -0.15) is 0 Å². The second-order valence-electron chi connectivity index (χ2n) is 6.76. The molecule has 29 heavy (non-hydrogen) atoms. The zero-order chi connectivity index (χ0) is 20.2. The second-order valence-corrected chi connectivity index (χ2v) is 7.76. The normalized spacial score (nSPS) is 14.2. The molecule has 8 heteroatoms. The standard InChI is InChI=1S/C21H24N4O3S/c1-22-13-14-3-5-15(6-4-14)20(26)24-21-23-18-17(27-2)8-7-16(19(18)29-21)25-9-11-28-12-10-25/h3-8,22H,9-13H2,1-2H3,(H,23,24,26). The van der Waals surface area contributed by atoms with Gasteiger partial charge in [0, 0.05) is 25.2 Å². The fourth-order valence-electron chi connectivity index (χ4n) is 3.39. The van der Waals surface area contributed by atoms with Crippen LogP contribution >= 0.6 is 11.3 Å². The molecule has 0 spiro atoms. The minimum Gasteiger partial charge on any atom is -0.494 e. The van der Waals surface area contributed by atoms with Crippen molar-refractivity contribution in [1.29, 1.82) is 0 Å². The van der Waals surface area contributed by atoms with Crippen LogP contribution in [0, 0.1) is 0 Å². The summed E-state index contributed by atoms with van der Waals surface area (Å²) in [4.78, 5) is 19.6. The van der Waals surface area contributed by atoms with Gasteiger partial charge in [0.2, 0.25) is 0 Å². The van der Waals surface area contributed by atoms with Crippen LogP contribution in [0.4, 0.5) is 10.8 Å². The van der Waals surface area contributed by atoms with Crippen LogP contribution in [-0.4, -0.2) is 51.4 Å². The van der Waals surface area contributed by atoms with Crippen molar-refractivity contribution in [2.24, 2.45) is 0 Å². The van der Waals surface area contributed by atoms with Gasteiger partial charge in [0.25, 0.3) is 5.91 Å². The van der Waals surface area contributed by atoms with E-state index in [1.807, 2.05) is 37.4 Å². The van der Waals surface area contributed by atoms with Crippen molar-refractivity contribution in [2.75, 3.05) is 50.7 Å². The third-order valence-electron chi connectivity index (χ3n) is 4.87. The predicted molar refractivity (Wildman–Crippen MR) is 116 cm³/mol. The summed E-state index contributed by atoms with van der Waals surface area (Å²) in [5, 5.41) is 6.59. The molecule has 7 nitrogen and oxygen atoms in total. The highest BCUT2D eigenvalue weighted by molar-refractivity contribution is 7.23. The van der Waals surface area contributed by atoms with Gasteiger partial charge >= 0.3 is 0 Å². The molecule has 0 aliphatic carbocycles. The molecule has 0 bridgehead atoms. The van der Waals surface area contributed by atoms with E-state index < -0.39 is 0 Å². The van der Waals surface area contributed by atoms with E-state index >= 15 is 0 Å². The summed E-state index contributed by atoms with van der Waals surface area (Å²) in [6.07, 6.45) is 0. The van der Waals surface area contributed by atoms with E-state index in [2.05, 4.69) is 26.6 Å². The number of amides is 1. The number of hydrogen-bond donors (Lipinski definition) is 2. The Balaban J connectivity index is 1.61. The maximum Gasteiger partial charge on any atom is 0.257 e. The molecule has 2 N–H and O–H groups in total. The number of ether oxygens (including phenoxy) is 2. The lowest BCUT2D eigenvalue weighted by atomic mass is 10.1. The van der Waals surface area contributed by atoms with Crippen molar-refractivity contribution in [3.05, 3.63) is 47.5 Å². The monoisotopic (exact) mass is 412 g/mol. The van der Waals surface area contributed by atoms with E-state index in [9.17, 15) is 4.79 Å². The van der Waals surface area contributed by atoms with Crippen molar-refractivity contribution in [3.8, 4) is 5.75 Å². The topological polar surface area (TPSA) is 75.7 Å². The summed E-state index contributed by atoms with van der Waals surface area (Å²) in [7, 11) is 3.53. The Morgan fingerprint density at radius 3 is 2.66 bits per heavy atom. The number of aromatic nitrogens is 1. The summed E-state index contributed by atoms with van der Waals surface area (Å²) >= 11 is 1.47. The average molecular weight is 413 g/mol. The molecule has 1 amide bonds. The lowest BCUT2D eigenvalue weighted by molar-refractivity contribution is 0.102. The van der Waals surface area contributed by atoms with Gasteiger partial charge < -0.3 is 19.7 Å². The highest BCUT2D eigenvalue weighted by Crippen LogP contribution is 2.39. The summed E-state index contributed by atoms with van der Waals surface area (Å²) in [6.45, 7) is 3.85. The molecule has 2 aromatic carbocycles. The van der Waals surface area contributed by atoms with E-state index in [4.69, 9.17) is 9.47 Å². The number of fused-ring (bicyclic) bond motifs is 1. The lowest BCUT2D eigenvalue weighted by Gasteiger charge is -2.29. The molecule has 1 aromatic heterocycles. The van der Waals surface area contributed by atoms with Gasteiger partial charge in [-0.25, -0.2) is 4.98 Å². The van der Waals surface area contributed by atoms with Crippen LogP contribution < -0.4 is 20.3 Å². The molecule has 2 heterocycles. The first-order valence-electron chi connectivity index (χ1n) is 9.54. The first-order valence-corrected chi connectivity index (χ1v) is 10.4. The molecule has 1 fully saturated rings. The number of thiazole rings is 1. The van der Waals surface area contributed by atoms with Crippen molar-refractivity contribution >= 4 is 38.3 Å². The first-order chi connectivity index (χ1) is 14.2. The number of nitrogens with zero attached hydrogens (tertiary/aromatic N) is 2. The van der Waals surface area contributed by atoms with E-state index in [1.54, 1.807) is 7.11 Å². The Morgan fingerprint density at radius 1 is 1.21 bits per heavy atom. The minimum atomic E-state index is -0.174. The number of nitrogens with one attached hydrogen (secondary N) is 2. The fourth-order valence-corrected chi connectivity index (χ4v) is 4.41. The van der Waals surface area contributed by atoms with Crippen molar-refractivity contribution < 1.29 is 14.3 Å². The SMILES string of the molecule is CNCc1ccc(C(=O)Nc2nc3c(OC)ccc(N4CCOCC4)c3s2)cc1. The molecular formula is C21H24N4O3S. The number of methoxy groups -OCH3 is 1. The van der Waals surface area contributed by atoms with E-state index in [0.29, 0.717) is 29.7 Å². The van der Waals surface area contributed by atoms with Gasteiger partial charge in [-0.05, 0) is 36.9 Å². The molecule has 0 atom stereocenters. The number of benzene rings is 2. The van der Waals surface area contributed by atoms with E-state index in [1.165, 1.54) is 11.3 Å². The molecule has 1 aliphatic rings. The molecule has 0 unspecified atom stereocenters. The maximum absolute atomic E-state index is 12.7. The van der Waals surface area contributed by atoms with Crippen LogP contribution in [0.25, 0.3) is 10.2 Å². The number of rotatable bonds is 6. The summed E-state index contributed by atoms with van der Waals surface area (Å²) in [5.41, 5.74) is 3.59. The summed E-state index contributed by atoms with van der Waals surface area (Å²) in [5.74, 6) is 0.525. The number of hydrogen-bond acceptors (Lipinski definition) is 7. The Kier molecular flexibility index (Phi) is 5.94. The van der Waals surface area contributed by atoms with Crippen LogP contribution in [0.3, 0.4) is 0 Å². The molecule has 4 rings (SSSR count). The minimum absolute atomic E-state index is 0.174. The highest BCUT2D eigenvalue weighted by atomic mass is 32.1. The van der Waals surface area contributed by atoms with E-state index in [-0.39, 0.29) is 5.91 Å². The smallest absolute Gasteiger partial charge is 0.257 e. The number of carbonyl (C=O) groups is 1. The molecule has 152 valence electrons. The number of morpholine rings is 1. The largest absolute Gasteiger partial charge is 0.494 e. The Morgan fingerprint density at radius 2 is 1.97 bits per heavy atom. The van der Waals surface area contributed by atoms with Gasteiger partial charge in [-0.3, -0.25) is 10.1 Å². The quantitative estimate of drug-likeness (QED) is 0.648. The van der Waals surface area contributed by atoms with Gasteiger partial charge in [0.1, 0.15) is 11.3 Å². The zero-order valence-electron chi connectivity index (χ0n) is 16.5. The van der Waals surface area contributed by atoms with Crippen LogP contribution in [0.15, 0.2) is 36.4 Å². The van der Waals surface area contributed by atoms with Gasteiger partial charge in [0.05, 0.1) is 30.7 Å². The summed E-state index contributed by atoms with van der Waals surface area (Å²) in [6, 6.07) is 11.5. The average Bonchev–Trinajstić information content (AvgIpc) is 3.18. The molecule has 0 radical (unpaired) electrons. The second kappa shape index (κ2) is 8.77. The molecule has 1 saturated heterocycles. The Hall–Kier alpha value is -2.68. The summed E-state index contributed by atoms with van der Waals surface area (Å²) < 4.78 is 12.0. The predicted octanol–water partition coefficient (Wildman–Crippen LogP) is 3.11. The highest BCUT2D eigenvalue weighted by Gasteiger charge is 2.20. The lowest BCUT2D eigenvalue weighted by Crippen LogP contribution is -2.36. The third-order valence-corrected chi connectivity index (χ3v) is 5.87. The fraction of sp³-hybridized carbons (Fsp3) is 0.333. The van der Waals surface area contributed by atoms with Crippen LogP contribution in [0.5, 0.6) is 5.75 Å². The van der Waals surface area contributed by atoms with Crippen LogP contribution in [-0.2, 0) is 11.3 Å². The van der Waals surface area contributed by atoms with E-state index in [0.717, 1.165) is 41.1 Å². The van der Waals surface area contributed by atoms with Gasteiger partial charge in [-0.15, -0.1) is 0 Å². The third kappa shape index (κ3) is 4.19. The van der Waals surface area contributed by atoms with Crippen molar-refractivity contribution in [2.45, 2.75) is 6.54 Å². The van der Waals surface area contributed by atoms with Crippen molar-refractivity contribution in [1.82, 2.24) is 10.3 Å². The van der Waals surface area contributed by atoms with Crippen LogP contribution in [0.1, 0.15) is 15.9 Å². The molecule has 0 saturated carbocycles. The number of anilines is 2. The molecular weight excluding hydrogens is 388 g/mol. The first kappa shape index (κ1) is 19.6. The Labute approximate surface area is 173 Å². The van der Waals surface area contributed by atoms with Crippen molar-refractivity contribution in [3.63, 3.8) is 0 Å². The molecule has 3 aromatic rings. The van der Waals surface area contributed by atoms with Gasteiger partial charge in [-0.1, -0.05) is 23.5 Å². The van der Waals surface area contributed by atoms with Crippen LogP contribution in [0.2, 0.25) is 0 Å². The van der Waals surface area contributed by atoms with Gasteiger partial charge in [0.15, 0.2) is 5.13 Å². The maximum atomic E-state index is 12.7. The zero-order valence-corrected chi connectivity index (χ0v) is 17.3. The number of carbonyl (C=O) groups excluding carboxylic acids is 1. The molecule has 1 aliphatic heterocycles.